The number of hydrogen-bond acceptors (Lipinski definition) is 6. The van der Waals surface area contributed by atoms with Crippen molar-refractivity contribution in [1.29, 1.82) is 5.26 Å². The zero-order chi connectivity index (χ0) is 24.5. The minimum atomic E-state index is -0.449. The number of fused-ring (bicyclic) bond motifs is 2. The van der Waals surface area contributed by atoms with Crippen molar-refractivity contribution < 1.29 is 9.13 Å². The van der Waals surface area contributed by atoms with Gasteiger partial charge in [-0.05, 0) is 55.2 Å². The van der Waals surface area contributed by atoms with Crippen molar-refractivity contribution in [2.75, 3.05) is 26.1 Å². The number of nitriles is 1. The molecule has 1 N–H and O–H groups in total. The summed E-state index contributed by atoms with van der Waals surface area (Å²) in [4.78, 5) is 6.22. The van der Waals surface area contributed by atoms with Gasteiger partial charge in [-0.3, -0.25) is 4.98 Å². The Balaban J connectivity index is 1.34. The summed E-state index contributed by atoms with van der Waals surface area (Å²) in [5.74, 6) is 0.328. The molecule has 7 nitrogen and oxygen atoms in total. The highest BCUT2D eigenvalue weighted by molar-refractivity contribution is 5.88. The van der Waals surface area contributed by atoms with Gasteiger partial charge >= 0.3 is 0 Å². The van der Waals surface area contributed by atoms with Crippen molar-refractivity contribution in [2.45, 2.75) is 31.8 Å². The lowest BCUT2D eigenvalue weighted by Gasteiger charge is -2.23. The Kier molecular flexibility index (Phi) is 6.10. The third-order valence-corrected chi connectivity index (χ3v) is 6.62. The zero-order valence-corrected chi connectivity index (χ0v) is 20.0. The van der Waals surface area contributed by atoms with Crippen molar-refractivity contribution in [3.8, 4) is 17.5 Å². The van der Waals surface area contributed by atoms with Crippen molar-refractivity contribution in [2.24, 2.45) is 0 Å². The predicted molar refractivity (Wildman–Crippen MR) is 134 cm³/mol. The molecule has 1 atom stereocenters. The van der Waals surface area contributed by atoms with Crippen LogP contribution in [0.3, 0.4) is 0 Å². The van der Waals surface area contributed by atoms with Gasteiger partial charge in [-0.2, -0.15) is 10.4 Å². The average molecular weight is 471 g/mol. The summed E-state index contributed by atoms with van der Waals surface area (Å²) in [6.45, 7) is 0.372. The molecule has 8 heteroatoms. The molecular weight excluding hydrogens is 443 g/mol. The minimum absolute atomic E-state index is 0.0858. The molecule has 0 saturated carbocycles. The maximum atomic E-state index is 14.9. The molecule has 178 valence electrons. The number of nitrogens with one attached hydrogen (secondary N) is 1. The SMILES string of the molecule is COc1ccc2nccc(-n3cc4c(n3)CCC(NCc3ccc(N(C)C)c(C#N)c3F)C4)c2c1. The highest BCUT2D eigenvalue weighted by Crippen LogP contribution is 2.28. The second kappa shape index (κ2) is 9.35. The first-order chi connectivity index (χ1) is 17.0. The maximum absolute atomic E-state index is 14.9. The van der Waals surface area contributed by atoms with Crippen LogP contribution in [0.15, 0.2) is 48.8 Å². The van der Waals surface area contributed by atoms with Crippen LogP contribution in [0, 0.1) is 17.1 Å². The van der Waals surface area contributed by atoms with Gasteiger partial charge in [0.1, 0.15) is 23.2 Å². The first kappa shape index (κ1) is 22.8. The standard InChI is InChI=1S/C27H27FN6O/c1-33(2)25-9-4-17(27(28)22(25)14-29)15-31-19-5-7-23-18(12-19)16-34(32-23)26-10-11-30-24-8-6-20(35-3)13-21(24)26/h4,6,8-11,13,16,19,31H,5,7,12,15H2,1-3H3. The number of nitrogens with zero attached hydrogens (tertiary/aromatic N) is 5. The lowest BCUT2D eigenvalue weighted by molar-refractivity contribution is 0.415. The van der Waals surface area contributed by atoms with Crippen LogP contribution >= 0.6 is 0 Å². The molecule has 0 radical (unpaired) electrons. The molecule has 0 spiro atoms. The third-order valence-electron chi connectivity index (χ3n) is 6.62. The van der Waals surface area contributed by atoms with Crippen LogP contribution in [0.4, 0.5) is 10.1 Å². The van der Waals surface area contributed by atoms with Gasteiger partial charge in [0.2, 0.25) is 0 Å². The van der Waals surface area contributed by atoms with E-state index >= 15 is 0 Å². The molecule has 35 heavy (non-hydrogen) atoms. The number of halogens is 1. The number of aryl methyl sites for hydroxylation is 1. The number of hydrogen-bond donors (Lipinski definition) is 1. The fraction of sp³-hybridized carbons (Fsp3) is 0.296. The van der Waals surface area contributed by atoms with Crippen LogP contribution in [-0.2, 0) is 19.4 Å². The van der Waals surface area contributed by atoms with Crippen LogP contribution in [0.2, 0.25) is 0 Å². The summed E-state index contributed by atoms with van der Waals surface area (Å²) in [6, 6.07) is 13.6. The van der Waals surface area contributed by atoms with E-state index in [9.17, 15) is 9.65 Å². The molecule has 1 aliphatic carbocycles. The molecule has 1 unspecified atom stereocenters. The summed E-state index contributed by atoms with van der Waals surface area (Å²) < 4.78 is 22.3. The molecule has 5 rings (SSSR count). The lowest BCUT2D eigenvalue weighted by atomic mass is 9.93. The Hall–Kier alpha value is -3.96. The van der Waals surface area contributed by atoms with E-state index in [2.05, 4.69) is 16.5 Å². The largest absolute Gasteiger partial charge is 0.497 e. The average Bonchev–Trinajstić information content (AvgIpc) is 3.30. The Morgan fingerprint density at radius 1 is 1.26 bits per heavy atom. The van der Waals surface area contributed by atoms with Crippen molar-refractivity contribution in [1.82, 2.24) is 20.1 Å². The van der Waals surface area contributed by atoms with Gasteiger partial charge in [-0.1, -0.05) is 6.07 Å². The molecule has 0 saturated heterocycles. The smallest absolute Gasteiger partial charge is 0.147 e. The quantitative estimate of drug-likeness (QED) is 0.456. The summed E-state index contributed by atoms with van der Waals surface area (Å²) in [5, 5.41) is 18.8. The molecule has 0 bridgehead atoms. The van der Waals surface area contributed by atoms with Gasteiger partial charge in [0.15, 0.2) is 0 Å². The highest BCUT2D eigenvalue weighted by Gasteiger charge is 2.23. The zero-order valence-electron chi connectivity index (χ0n) is 20.0. The van der Waals surface area contributed by atoms with Gasteiger partial charge in [0.25, 0.3) is 0 Å². The van der Waals surface area contributed by atoms with Crippen LogP contribution in [0.1, 0.15) is 28.8 Å². The van der Waals surface area contributed by atoms with Crippen molar-refractivity contribution in [3.63, 3.8) is 0 Å². The fourth-order valence-corrected chi connectivity index (χ4v) is 4.72. The van der Waals surface area contributed by atoms with E-state index in [1.54, 1.807) is 44.4 Å². The van der Waals surface area contributed by atoms with E-state index < -0.39 is 5.82 Å². The molecule has 0 amide bonds. The molecule has 2 aromatic carbocycles. The van der Waals surface area contributed by atoms with E-state index in [1.165, 1.54) is 5.56 Å². The monoisotopic (exact) mass is 470 g/mol. The second-order valence-electron chi connectivity index (χ2n) is 9.02. The molecule has 1 aliphatic rings. The first-order valence-corrected chi connectivity index (χ1v) is 11.6. The number of benzene rings is 2. The number of ether oxygens (including phenoxy) is 1. The van der Waals surface area contributed by atoms with E-state index in [4.69, 9.17) is 9.84 Å². The highest BCUT2D eigenvalue weighted by atomic mass is 19.1. The second-order valence-corrected chi connectivity index (χ2v) is 9.02. The van der Waals surface area contributed by atoms with Gasteiger partial charge < -0.3 is 15.0 Å². The molecule has 2 aromatic heterocycles. The number of anilines is 1. The van der Waals surface area contributed by atoms with E-state index in [0.29, 0.717) is 17.8 Å². The number of methoxy groups -OCH3 is 1. The van der Waals surface area contributed by atoms with E-state index in [-0.39, 0.29) is 11.6 Å². The Bertz CT molecular complexity index is 1440. The Labute approximate surface area is 203 Å². The third kappa shape index (κ3) is 4.31. The van der Waals surface area contributed by atoms with Gasteiger partial charge in [0, 0.05) is 50.0 Å². The van der Waals surface area contributed by atoms with Gasteiger partial charge in [0.05, 0.1) is 29.7 Å². The van der Waals surface area contributed by atoms with Gasteiger partial charge in [-0.25, -0.2) is 9.07 Å². The number of rotatable bonds is 6. The Morgan fingerprint density at radius 2 is 2.11 bits per heavy atom. The molecule has 4 aromatic rings. The van der Waals surface area contributed by atoms with Crippen LogP contribution in [0.5, 0.6) is 5.75 Å². The van der Waals surface area contributed by atoms with Gasteiger partial charge in [-0.15, -0.1) is 0 Å². The first-order valence-electron chi connectivity index (χ1n) is 11.6. The lowest BCUT2D eigenvalue weighted by Crippen LogP contribution is -2.34. The maximum Gasteiger partial charge on any atom is 0.147 e. The normalized spacial score (nSPS) is 15.0. The van der Waals surface area contributed by atoms with Crippen molar-refractivity contribution in [3.05, 3.63) is 77.0 Å². The van der Waals surface area contributed by atoms with Crippen molar-refractivity contribution >= 4 is 16.6 Å². The molecule has 2 heterocycles. The topological polar surface area (TPSA) is 79.0 Å². The number of aromatic nitrogens is 3. The summed E-state index contributed by atoms with van der Waals surface area (Å²) in [7, 11) is 5.26. The predicted octanol–water partition coefficient (Wildman–Crippen LogP) is 4.15. The van der Waals surface area contributed by atoms with Crippen LogP contribution in [0.25, 0.3) is 16.6 Å². The molecular formula is C27H27FN6O. The van der Waals surface area contributed by atoms with Crippen LogP contribution in [-0.4, -0.2) is 42.0 Å². The summed E-state index contributed by atoms with van der Waals surface area (Å²) in [5.41, 5.74) is 5.29. The summed E-state index contributed by atoms with van der Waals surface area (Å²) in [6.07, 6.45) is 6.44. The van der Waals surface area contributed by atoms with E-state index in [1.807, 2.05) is 35.0 Å². The van der Waals surface area contributed by atoms with E-state index in [0.717, 1.165) is 47.3 Å². The minimum Gasteiger partial charge on any atom is -0.497 e. The Morgan fingerprint density at radius 3 is 2.89 bits per heavy atom. The molecule has 0 fully saturated rings. The number of pyridine rings is 1. The van der Waals surface area contributed by atoms with Crippen LogP contribution < -0.4 is 15.0 Å². The molecule has 0 aliphatic heterocycles. The fourth-order valence-electron chi connectivity index (χ4n) is 4.72. The summed E-state index contributed by atoms with van der Waals surface area (Å²) >= 11 is 0.